The van der Waals surface area contributed by atoms with Gasteiger partial charge in [0.1, 0.15) is 5.03 Å². The van der Waals surface area contributed by atoms with E-state index in [4.69, 9.17) is 5.11 Å². The minimum Gasteiger partial charge on any atom is -0.481 e. The number of fused-ring (bicyclic) bond motifs is 1. The first-order chi connectivity index (χ1) is 9.19. The lowest BCUT2D eigenvalue weighted by Crippen LogP contribution is -2.11. The van der Waals surface area contributed by atoms with E-state index in [9.17, 15) is 4.79 Å². The third-order valence-corrected chi connectivity index (χ3v) is 4.99. The summed E-state index contributed by atoms with van der Waals surface area (Å²) < 4.78 is 0. The third-order valence-electron chi connectivity index (χ3n) is 3.64. The topological polar surface area (TPSA) is 50.2 Å². The summed E-state index contributed by atoms with van der Waals surface area (Å²) in [5.41, 5.74) is 0.00905. The van der Waals surface area contributed by atoms with Crippen molar-refractivity contribution < 1.29 is 9.90 Å². The molecule has 1 heterocycles. The molecular formula is C15H15NO2S. The molecule has 0 aliphatic heterocycles. The summed E-state index contributed by atoms with van der Waals surface area (Å²) in [5.74, 6) is 0.157. The Bertz CT molecular complexity index is 617. The molecule has 0 radical (unpaired) electrons. The first-order valence-corrected chi connectivity index (χ1v) is 7.36. The minimum absolute atomic E-state index is 0.00905. The second-order valence-electron chi connectivity index (χ2n) is 5.20. The van der Waals surface area contributed by atoms with Crippen LogP contribution in [0.5, 0.6) is 0 Å². The highest BCUT2D eigenvalue weighted by Crippen LogP contribution is 2.52. The van der Waals surface area contributed by atoms with Crippen LogP contribution in [0.25, 0.3) is 10.8 Å². The predicted octanol–water partition coefficient (Wildman–Crippen LogP) is 3.58. The van der Waals surface area contributed by atoms with Gasteiger partial charge in [0.2, 0.25) is 0 Å². The van der Waals surface area contributed by atoms with Crippen LogP contribution < -0.4 is 0 Å². The second-order valence-corrected chi connectivity index (χ2v) is 6.16. The van der Waals surface area contributed by atoms with Crippen LogP contribution in [0.4, 0.5) is 0 Å². The van der Waals surface area contributed by atoms with Gasteiger partial charge in [-0.15, -0.1) is 11.8 Å². The molecule has 0 unspecified atom stereocenters. The number of benzene rings is 1. The van der Waals surface area contributed by atoms with Crippen molar-refractivity contribution in [3.63, 3.8) is 0 Å². The van der Waals surface area contributed by atoms with Gasteiger partial charge in [0, 0.05) is 17.3 Å². The van der Waals surface area contributed by atoms with Crippen LogP contribution in [-0.2, 0) is 4.79 Å². The van der Waals surface area contributed by atoms with Crippen LogP contribution in [0, 0.1) is 5.41 Å². The molecule has 19 heavy (non-hydrogen) atoms. The van der Waals surface area contributed by atoms with Crippen molar-refractivity contribution in [1.29, 1.82) is 0 Å². The zero-order chi connectivity index (χ0) is 13.3. The molecule has 0 atom stereocenters. The molecule has 1 N–H and O–H groups in total. The first-order valence-electron chi connectivity index (χ1n) is 6.37. The van der Waals surface area contributed by atoms with Gasteiger partial charge in [-0.2, -0.15) is 0 Å². The predicted molar refractivity (Wildman–Crippen MR) is 76.4 cm³/mol. The summed E-state index contributed by atoms with van der Waals surface area (Å²) in [4.78, 5) is 15.3. The van der Waals surface area contributed by atoms with Crippen LogP contribution in [0.1, 0.15) is 19.3 Å². The summed E-state index contributed by atoms with van der Waals surface area (Å²) in [6.07, 6.45) is 4.15. The Labute approximate surface area is 116 Å². The maximum Gasteiger partial charge on any atom is 0.303 e. The van der Waals surface area contributed by atoms with Crippen molar-refractivity contribution >= 4 is 28.5 Å². The number of nitrogens with zero attached hydrogens (tertiary/aromatic N) is 1. The lowest BCUT2D eigenvalue weighted by atomic mass is 10.1. The number of carboxylic acids is 1. The van der Waals surface area contributed by atoms with Crippen molar-refractivity contribution in [3.8, 4) is 0 Å². The van der Waals surface area contributed by atoms with E-state index in [-0.39, 0.29) is 11.8 Å². The molecule has 0 bridgehead atoms. The van der Waals surface area contributed by atoms with Crippen molar-refractivity contribution in [2.75, 3.05) is 5.75 Å². The van der Waals surface area contributed by atoms with Gasteiger partial charge < -0.3 is 5.11 Å². The molecule has 0 saturated heterocycles. The largest absolute Gasteiger partial charge is 0.481 e. The molecule has 1 aromatic heterocycles. The van der Waals surface area contributed by atoms with E-state index in [2.05, 4.69) is 17.1 Å². The normalized spacial score (nSPS) is 16.4. The lowest BCUT2D eigenvalue weighted by Gasteiger charge is -2.12. The fraction of sp³-hybridized carbons (Fsp3) is 0.333. The molecule has 98 valence electrons. The van der Waals surface area contributed by atoms with E-state index in [1.165, 1.54) is 5.39 Å². The molecule has 1 aliphatic carbocycles. The smallest absolute Gasteiger partial charge is 0.303 e. The molecule has 1 fully saturated rings. The van der Waals surface area contributed by atoms with E-state index in [1.807, 2.05) is 24.4 Å². The fourth-order valence-corrected chi connectivity index (χ4v) is 3.61. The van der Waals surface area contributed by atoms with E-state index in [1.54, 1.807) is 11.8 Å². The van der Waals surface area contributed by atoms with Crippen LogP contribution in [0.3, 0.4) is 0 Å². The highest BCUT2D eigenvalue weighted by molar-refractivity contribution is 7.99. The molecule has 3 rings (SSSR count). The Balaban J connectivity index is 1.77. The number of carboxylic acid groups (broad SMARTS) is 1. The number of rotatable bonds is 5. The van der Waals surface area contributed by atoms with Gasteiger partial charge in [-0.3, -0.25) is 4.79 Å². The zero-order valence-electron chi connectivity index (χ0n) is 10.5. The van der Waals surface area contributed by atoms with Gasteiger partial charge in [-0.25, -0.2) is 4.98 Å². The Morgan fingerprint density at radius 3 is 2.84 bits per heavy atom. The molecule has 0 amide bonds. The Morgan fingerprint density at radius 2 is 2.11 bits per heavy atom. The highest BCUT2D eigenvalue weighted by Gasteiger charge is 2.44. The summed E-state index contributed by atoms with van der Waals surface area (Å²) in [7, 11) is 0. The van der Waals surface area contributed by atoms with Crippen LogP contribution in [0.2, 0.25) is 0 Å². The average molecular weight is 273 g/mol. The molecule has 4 heteroatoms. The Hall–Kier alpha value is -1.55. The standard InChI is InChI=1S/C15H15NO2S/c17-13(18)9-15(6-7-15)10-19-14-12-4-2-1-3-11(12)5-8-16-14/h1-5,8H,6-7,9-10H2,(H,17,18). The summed E-state index contributed by atoms with van der Waals surface area (Å²) in [5, 5.41) is 12.3. The van der Waals surface area contributed by atoms with Gasteiger partial charge in [-0.05, 0) is 29.7 Å². The number of carbonyl (C=O) groups is 1. The minimum atomic E-state index is -0.691. The van der Waals surface area contributed by atoms with Gasteiger partial charge in [-0.1, -0.05) is 24.3 Å². The van der Waals surface area contributed by atoms with E-state index >= 15 is 0 Å². The van der Waals surface area contributed by atoms with Crippen molar-refractivity contribution in [2.45, 2.75) is 24.3 Å². The Morgan fingerprint density at radius 1 is 1.32 bits per heavy atom. The monoisotopic (exact) mass is 273 g/mol. The molecule has 1 saturated carbocycles. The van der Waals surface area contributed by atoms with Crippen molar-refractivity contribution in [1.82, 2.24) is 4.98 Å². The third kappa shape index (κ3) is 2.73. The number of pyridine rings is 1. The van der Waals surface area contributed by atoms with Crippen LogP contribution in [0.15, 0.2) is 41.6 Å². The first kappa shape index (κ1) is 12.5. The number of thioether (sulfide) groups is 1. The summed E-state index contributed by atoms with van der Waals surface area (Å²) in [6, 6.07) is 10.2. The zero-order valence-corrected chi connectivity index (χ0v) is 11.3. The molecule has 1 aliphatic rings. The number of aliphatic carboxylic acids is 1. The quantitative estimate of drug-likeness (QED) is 0.846. The number of hydrogen-bond donors (Lipinski definition) is 1. The number of aromatic nitrogens is 1. The highest BCUT2D eigenvalue weighted by atomic mass is 32.2. The van der Waals surface area contributed by atoms with Gasteiger partial charge in [0.25, 0.3) is 0 Å². The summed E-state index contributed by atoms with van der Waals surface area (Å²) in [6.45, 7) is 0. The van der Waals surface area contributed by atoms with E-state index in [0.29, 0.717) is 0 Å². The second kappa shape index (κ2) is 4.85. The summed E-state index contributed by atoms with van der Waals surface area (Å²) >= 11 is 1.69. The lowest BCUT2D eigenvalue weighted by molar-refractivity contribution is -0.138. The van der Waals surface area contributed by atoms with E-state index in [0.717, 1.165) is 29.0 Å². The molecule has 3 nitrogen and oxygen atoms in total. The Kier molecular flexibility index (Phi) is 3.19. The maximum absolute atomic E-state index is 10.9. The molecule has 2 aromatic rings. The van der Waals surface area contributed by atoms with Crippen LogP contribution >= 0.6 is 11.8 Å². The molecular weight excluding hydrogens is 258 g/mol. The molecule has 0 spiro atoms. The maximum atomic E-state index is 10.9. The van der Waals surface area contributed by atoms with Gasteiger partial charge in [0.15, 0.2) is 0 Å². The van der Waals surface area contributed by atoms with Crippen molar-refractivity contribution in [3.05, 3.63) is 36.5 Å². The average Bonchev–Trinajstić information content (AvgIpc) is 3.15. The van der Waals surface area contributed by atoms with Gasteiger partial charge >= 0.3 is 5.97 Å². The molecule has 1 aromatic carbocycles. The van der Waals surface area contributed by atoms with Gasteiger partial charge in [0.05, 0.1) is 6.42 Å². The van der Waals surface area contributed by atoms with Crippen LogP contribution in [-0.4, -0.2) is 21.8 Å². The SMILES string of the molecule is O=C(O)CC1(CSc2nccc3ccccc23)CC1. The fourth-order valence-electron chi connectivity index (χ4n) is 2.30. The van der Waals surface area contributed by atoms with E-state index < -0.39 is 5.97 Å². The number of hydrogen-bond acceptors (Lipinski definition) is 3. The van der Waals surface area contributed by atoms with Crippen molar-refractivity contribution in [2.24, 2.45) is 5.41 Å².